The van der Waals surface area contributed by atoms with E-state index in [-0.39, 0.29) is 33.0 Å². The van der Waals surface area contributed by atoms with Crippen molar-refractivity contribution in [3.63, 3.8) is 0 Å². The van der Waals surface area contributed by atoms with Gasteiger partial charge in [0, 0.05) is 29.3 Å². The predicted octanol–water partition coefficient (Wildman–Crippen LogP) is 0.944. The van der Waals surface area contributed by atoms with Gasteiger partial charge in [-0.15, -0.1) is 11.3 Å². The Bertz CT molecular complexity index is 588. The Kier molecular flexibility index (Phi) is 5.42. The van der Waals surface area contributed by atoms with Crippen LogP contribution in [0.2, 0.25) is 0 Å². The van der Waals surface area contributed by atoms with Crippen LogP contribution < -0.4 is 17.0 Å². The summed E-state index contributed by atoms with van der Waals surface area (Å²) in [6.45, 7) is 6.41. The van der Waals surface area contributed by atoms with Crippen LogP contribution in [-0.2, 0) is 11.8 Å². The second kappa shape index (κ2) is 6.45. The molecular formula is C14H16BrN2O2S-. The van der Waals surface area contributed by atoms with Crippen LogP contribution in [0.15, 0.2) is 29.6 Å². The second-order valence-corrected chi connectivity index (χ2v) is 6.42. The minimum absolute atomic E-state index is 0. The van der Waals surface area contributed by atoms with Crippen LogP contribution in [-0.4, -0.2) is 9.91 Å². The van der Waals surface area contributed by atoms with Gasteiger partial charge in [-0.2, -0.15) is 0 Å². The zero-order valence-corrected chi connectivity index (χ0v) is 14.0. The van der Waals surface area contributed by atoms with E-state index in [1.165, 1.54) is 12.1 Å². The Morgan fingerprint density at radius 3 is 2.30 bits per heavy atom. The van der Waals surface area contributed by atoms with Crippen molar-refractivity contribution in [2.24, 2.45) is 0 Å². The highest BCUT2D eigenvalue weighted by molar-refractivity contribution is 7.09. The van der Waals surface area contributed by atoms with Gasteiger partial charge in [-0.3, -0.25) is 10.1 Å². The van der Waals surface area contributed by atoms with Crippen molar-refractivity contribution in [1.82, 2.24) is 4.98 Å². The molecule has 0 radical (unpaired) electrons. The average molecular weight is 356 g/mol. The molecule has 2 rings (SSSR count). The van der Waals surface area contributed by atoms with Crippen molar-refractivity contribution in [1.29, 1.82) is 0 Å². The lowest BCUT2D eigenvalue weighted by molar-refractivity contribution is -0.384. The summed E-state index contributed by atoms with van der Waals surface area (Å²) in [7, 11) is 0. The third kappa shape index (κ3) is 4.11. The standard InChI is InChI=1S/C14H16N2O2S.BrH/c1-14(2,3)12-9-19-13(15-12)8-10-4-6-11(7-5-10)16(17)18;/h4-7,9H,8H2,1-3H3;1H/p-1. The molecule has 2 aromatic rings. The highest BCUT2D eigenvalue weighted by Gasteiger charge is 2.17. The summed E-state index contributed by atoms with van der Waals surface area (Å²) in [5.74, 6) is 0. The quantitative estimate of drug-likeness (QED) is 0.608. The highest BCUT2D eigenvalue weighted by Crippen LogP contribution is 2.25. The van der Waals surface area contributed by atoms with Crippen molar-refractivity contribution in [3.05, 3.63) is 56.0 Å². The average Bonchev–Trinajstić information content (AvgIpc) is 2.78. The Hall–Kier alpha value is -1.27. The largest absolute Gasteiger partial charge is 1.00 e. The zero-order chi connectivity index (χ0) is 14.0. The smallest absolute Gasteiger partial charge is 0.269 e. The maximum atomic E-state index is 10.6. The molecule has 0 amide bonds. The molecule has 4 nitrogen and oxygen atoms in total. The molecule has 108 valence electrons. The van der Waals surface area contributed by atoms with Crippen LogP contribution in [0.3, 0.4) is 0 Å². The number of nitro benzene ring substituents is 1. The second-order valence-electron chi connectivity index (χ2n) is 5.48. The summed E-state index contributed by atoms with van der Waals surface area (Å²) in [5, 5.41) is 13.7. The lowest BCUT2D eigenvalue weighted by Crippen LogP contribution is -3.00. The van der Waals surface area contributed by atoms with Gasteiger partial charge in [0.05, 0.1) is 15.6 Å². The van der Waals surface area contributed by atoms with Gasteiger partial charge in [-0.25, -0.2) is 4.98 Å². The van der Waals surface area contributed by atoms with Gasteiger partial charge in [-0.05, 0) is 5.56 Å². The van der Waals surface area contributed by atoms with Gasteiger partial charge < -0.3 is 17.0 Å². The molecule has 0 saturated carbocycles. The molecule has 1 aromatic carbocycles. The number of non-ortho nitro benzene ring substituents is 1. The number of benzene rings is 1. The van der Waals surface area contributed by atoms with Crippen LogP contribution in [0, 0.1) is 10.1 Å². The normalized spacial score (nSPS) is 10.9. The highest BCUT2D eigenvalue weighted by atomic mass is 79.9. The molecule has 1 heterocycles. The Labute approximate surface area is 132 Å². The Morgan fingerprint density at radius 1 is 1.25 bits per heavy atom. The lowest BCUT2D eigenvalue weighted by Gasteiger charge is -2.14. The molecule has 0 spiro atoms. The van der Waals surface area contributed by atoms with Gasteiger partial charge in [0.2, 0.25) is 0 Å². The molecule has 0 aliphatic carbocycles. The van der Waals surface area contributed by atoms with E-state index in [2.05, 4.69) is 31.1 Å². The fourth-order valence-electron chi connectivity index (χ4n) is 1.65. The number of rotatable bonds is 3. The summed E-state index contributed by atoms with van der Waals surface area (Å²) in [5.41, 5.74) is 2.32. The third-order valence-corrected chi connectivity index (χ3v) is 3.67. The third-order valence-electron chi connectivity index (χ3n) is 2.82. The minimum Gasteiger partial charge on any atom is -1.00 e. The van der Waals surface area contributed by atoms with Crippen LogP contribution in [0.5, 0.6) is 0 Å². The summed E-state index contributed by atoms with van der Waals surface area (Å²) in [4.78, 5) is 14.8. The number of hydrogen-bond acceptors (Lipinski definition) is 4. The number of hydrogen-bond donors (Lipinski definition) is 0. The summed E-state index contributed by atoms with van der Waals surface area (Å²) < 4.78 is 0. The van der Waals surface area contributed by atoms with Gasteiger partial charge >= 0.3 is 0 Å². The molecule has 0 bridgehead atoms. The molecule has 0 aliphatic heterocycles. The van der Waals surface area contributed by atoms with Crippen molar-refractivity contribution in [2.45, 2.75) is 32.6 Å². The number of thiazole rings is 1. The first kappa shape index (κ1) is 16.8. The molecule has 6 heteroatoms. The molecule has 0 atom stereocenters. The van der Waals surface area contributed by atoms with E-state index in [0.717, 1.165) is 22.7 Å². The van der Waals surface area contributed by atoms with Gasteiger partial charge in [0.1, 0.15) is 0 Å². The van der Waals surface area contributed by atoms with Gasteiger partial charge in [0.25, 0.3) is 5.69 Å². The Morgan fingerprint density at radius 2 is 1.85 bits per heavy atom. The minimum atomic E-state index is -0.384. The molecule has 20 heavy (non-hydrogen) atoms. The van der Waals surface area contributed by atoms with Crippen LogP contribution in [0.4, 0.5) is 5.69 Å². The molecule has 0 aliphatic rings. The van der Waals surface area contributed by atoms with Crippen molar-refractivity contribution in [3.8, 4) is 0 Å². The Balaban J connectivity index is 0.00000200. The molecule has 1 aromatic heterocycles. The van der Waals surface area contributed by atoms with E-state index >= 15 is 0 Å². The van der Waals surface area contributed by atoms with Crippen LogP contribution >= 0.6 is 11.3 Å². The van der Waals surface area contributed by atoms with E-state index in [0.29, 0.717) is 0 Å². The number of halogens is 1. The van der Waals surface area contributed by atoms with E-state index < -0.39 is 0 Å². The lowest BCUT2D eigenvalue weighted by atomic mass is 9.93. The molecule has 0 saturated heterocycles. The van der Waals surface area contributed by atoms with E-state index in [4.69, 9.17) is 0 Å². The number of nitrogens with zero attached hydrogens (tertiary/aromatic N) is 2. The topological polar surface area (TPSA) is 56.0 Å². The van der Waals surface area contributed by atoms with Crippen LogP contribution in [0.1, 0.15) is 37.0 Å². The zero-order valence-electron chi connectivity index (χ0n) is 11.6. The maximum Gasteiger partial charge on any atom is 0.269 e. The monoisotopic (exact) mass is 355 g/mol. The van der Waals surface area contributed by atoms with E-state index in [9.17, 15) is 10.1 Å². The molecule has 0 unspecified atom stereocenters. The van der Waals surface area contributed by atoms with Crippen molar-refractivity contribution in [2.75, 3.05) is 0 Å². The molecule has 0 N–H and O–H groups in total. The van der Waals surface area contributed by atoms with Gasteiger partial charge in [-0.1, -0.05) is 32.9 Å². The van der Waals surface area contributed by atoms with Crippen molar-refractivity contribution >= 4 is 17.0 Å². The summed E-state index contributed by atoms with van der Waals surface area (Å²) in [6.07, 6.45) is 0.721. The maximum absolute atomic E-state index is 10.6. The van der Waals surface area contributed by atoms with E-state index in [1.54, 1.807) is 23.5 Å². The van der Waals surface area contributed by atoms with Crippen molar-refractivity contribution < 1.29 is 21.9 Å². The first-order chi connectivity index (χ1) is 8.86. The first-order valence-corrected chi connectivity index (χ1v) is 6.92. The predicted molar refractivity (Wildman–Crippen MR) is 76.7 cm³/mol. The van der Waals surface area contributed by atoms with Crippen LogP contribution in [0.25, 0.3) is 0 Å². The van der Waals surface area contributed by atoms with Gasteiger partial charge in [0.15, 0.2) is 0 Å². The SMILES string of the molecule is CC(C)(C)c1csc(Cc2ccc([N+](=O)[O-])cc2)n1.[Br-]. The number of aromatic nitrogens is 1. The molecular weight excluding hydrogens is 340 g/mol. The molecule has 0 fully saturated rings. The fourth-order valence-corrected chi connectivity index (χ4v) is 2.70. The summed E-state index contributed by atoms with van der Waals surface area (Å²) >= 11 is 1.64. The summed E-state index contributed by atoms with van der Waals surface area (Å²) in [6, 6.07) is 6.65. The van der Waals surface area contributed by atoms with E-state index in [1.807, 2.05) is 0 Å². The first-order valence-electron chi connectivity index (χ1n) is 6.04. The number of nitro groups is 1. The fraction of sp³-hybridized carbons (Fsp3) is 0.357.